The monoisotopic (exact) mass is 360 g/mol. The van der Waals surface area contributed by atoms with Gasteiger partial charge in [-0.3, -0.25) is 9.69 Å². The summed E-state index contributed by atoms with van der Waals surface area (Å²) in [6.07, 6.45) is 1.80. The van der Waals surface area contributed by atoms with Crippen LogP contribution < -0.4 is 5.32 Å². The number of ether oxygens (including phenoxy) is 1. The average Bonchev–Trinajstić information content (AvgIpc) is 3.13. The zero-order chi connectivity index (χ0) is 18.2. The lowest BCUT2D eigenvalue weighted by atomic mass is 10.1. The Balaban J connectivity index is 1.36. The van der Waals surface area contributed by atoms with Crippen LogP contribution in [0.15, 0.2) is 40.8 Å². The number of benzene rings is 1. The van der Waals surface area contributed by atoms with Crippen molar-refractivity contribution in [2.45, 2.75) is 19.3 Å². The standard InChI is InChI=1S/C20H25FN2O3/c21-18-5-2-1-4-17(18)19-8-6-16(26-19)7-9-20(24)22-10-3-11-23-12-14-25-15-13-23/h1-2,4-6,8H,3,7,9-15H2,(H,22,24). The molecule has 1 aromatic heterocycles. The van der Waals surface area contributed by atoms with Crippen molar-refractivity contribution in [2.24, 2.45) is 0 Å². The van der Waals surface area contributed by atoms with E-state index in [-0.39, 0.29) is 11.7 Å². The van der Waals surface area contributed by atoms with E-state index in [1.807, 2.05) is 0 Å². The number of carbonyl (C=O) groups excluding carboxylic acids is 1. The van der Waals surface area contributed by atoms with E-state index in [0.29, 0.717) is 36.5 Å². The summed E-state index contributed by atoms with van der Waals surface area (Å²) in [5, 5.41) is 2.94. The molecule has 1 amide bonds. The number of hydrogen-bond acceptors (Lipinski definition) is 4. The first-order valence-electron chi connectivity index (χ1n) is 9.13. The maximum atomic E-state index is 13.8. The van der Waals surface area contributed by atoms with Gasteiger partial charge in [0.2, 0.25) is 5.91 Å². The molecule has 1 aliphatic rings. The molecule has 0 bridgehead atoms. The molecule has 6 heteroatoms. The van der Waals surface area contributed by atoms with Gasteiger partial charge < -0.3 is 14.5 Å². The summed E-state index contributed by atoms with van der Waals surface area (Å²) in [5.41, 5.74) is 0.436. The summed E-state index contributed by atoms with van der Waals surface area (Å²) in [5.74, 6) is 0.873. The molecule has 0 spiro atoms. The molecule has 140 valence electrons. The maximum absolute atomic E-state index is 13.8. The first-order chi connectivity index (χ1) is 12.7. The molecule has 0 atom stereocenters. The van der Waals surface area contributed by atoms with Crippen LogP contribution in [0.2, 0.25) is 0 Å². The minimum atomic E-state index is -0.314. The van der Waals surface area contributed by atoms with Crippen molar-refractivity contribution < 1.29 is 18.3 Å². The van der Waals surface area contributed by atoms with Gasteiger partial charge in [0, 0.05) is 32.5 Å². The molecule has 0 radical (unpaired) electrons. The zero-order valence-electron chi connectivity index (χ0n) is 14.9. The average molecular weight is 360 g/mol. The highest BCUT2D eigenvalue weighted by Gasteiger charge is 2.11. The predicted octanol–water partition coefficient (Wildman–Crippen LogP) is 2.86. The number of furan rings is 1. The van der Waals surface area contributed by atoms with Crippen molar-refractivity contribution in [3.05, 3.63) is 48.0 Å². The van der Waals surface area contributed by atoms with E-state index >= 15 is 0 Å². The summed E-state index contributed by atoms with van der Waals surface area (Å²) < 4.78 is 24.8. The molecule has 0 aliphatic carbocycles. The topological polar surface area (TPSA) is 54.7 Å². The smallest absolute Gasteiger partial charge is 0.220 e. The summed E-state index contributed by atoms with van der Waals surface area (Å²) >= 11 is 0. The molecule has 2 heterocycles. The van der Waals surface area contributed by atoms with Crippen molar-refractivity contribution in [1.82, 2.24) is 10.2 Å². The van der Waals surface area contributed by atoms with Crippen molar-refractivity contribution in [1.29, 1.82) is 0 Å². The molecule has 2 aromatic rings. The number of rotatable bonds is 8. The van der Waals surface area contributed by atoms with Gasteiger partial charge in [0.05, 0.1) is 18.8 Å². The minimum Gasteiger partial charge on any atom is -0.461 e. The molecule has 3 rings (SSSR count). The first kappa shape index (κ1) is 18.6. The van der Waals surface area contributed by atoms with Crippen LogP contribution in [0.3, 0.4) is 0 Å². The van der Waals surface area contributed by atoms with Gasteiger partial charge in [0.15, 0.2) is 0 Å². The van der Waals surface area contributed by atoms with Crippen LogP contribution in [-0.4, -0.2) is 50.2 Å². The minimum absolute atomic E-state index is 0.0100. The molecular weight excluding hydrogens is 335 g/mol. The normalized spacial score (nSPS) is 15.1. The number of aryl methyl sites for hydroxylation is 1. The number of halogens is 1. The molecular formula is C20H25FN2O3. The van der Waals surface area contributed by atoms with E-state index in [1.54, 1.807) is 30.3 Å². The molecule has 1 aromatic carbocycles. The van der Waals surface area contributed by atoms with Crippen molar-refractivity contribution in [3.8, 4) is 11.3 Å². The summed E-state index contributed by atoms with van der Waals surface area (Å²) in [4.78, 5) is 14.3. The number of carbonyl (C=O) groups is 1. The van der Waals surface area contributed by atoms with Gasteiger partial charge >= 0.3 is 0 Å². The Morgan fingerprint density at radius 3 is 2.77 bits per heavy atom. The number of amides is 1. The highest BCUT2D eigenvalue weighted by atomic mass is 19.1. The Labute approximate surface area is 153 Å². The highest BCUT2D eigenvalue weighted by Crippen LogP contribution is 2.25. The summed E-state index contributed by atoms with van der Waals surface area (Å²) in [6.45, 7) is 5.19. The van der Waals surface area contributed by atoms with E-state index in [0.717, 1.165) is 39.3 Å². The van der Waals surface area contributed by atoms with Crippen LogP contribution in [0.1, 0.15) is 18.6 Å². The second-order valence-electron chi connectivity index (χ2n) is 6.40. The second-order valence-corrected chi connectivity index (χ2v) is 6.40. The number of hydrogen-bond donors (Lipinski definition) is 1. The lowest BCUT2D eigenvalue weighted by Gasteiger charge is -2.26. The number of morpholine rings is 1. The Morgan fingerprint density at radius 1 is 1.15 bits per heavy atom. The predicted molar refractivity (Wildman–Crippen MR) is 97.3 cm³/mol. The Morgan fingerprint density at radius 2 is 1.96 bits per heavy atom. The van der Waals surface area contributed by atoms with Crippen LogP contribution in [0, 0.1) is 5.82 Å². The summed E-state index contributed by atoms with van der Waals surface area (Å²) in [7, 11) is 0. The van der Waals surface area contributed by atoms with E-state index in [2.05, 4.69) is 10.2 Å². The molecule has 0 unspecified atom stereocenters. The molecule has 1 N–H and O–H groups in total. The van der Waals surface area contributed by atoms with Gasteiger partial charge in [-0.2, -0.15) is 0 Å². The van der Waals surface area contributed by atoms with Crippen LogP contribution in [0.5, 0.6) is 0 Å². The Hall–Kier alpha value is -2.18. The van der Waals surface area contributed by atoms with Gasteiger partial charge in [0.1, 0.15) is 17.3 Å². The van der Waals surface area contributed by atoms with Gasteiger partial charge in [-0.15, -0.1) is 0 Å². The van der Waals surface area contributed by atoms with E-state index in [4.69, 9.17) is 9.15 Å². The number of nitrogens with one attached hydrogen (secondary N) is 1. The largest absolute Gasteiger partial charge is 0.461 e. The highest BCUT2D eigenvalue weighted by molar-refractivity contribution is 5.76. The molecule has 1 aliphatic heterocycles. The van der Waals surface area contributed by atoms with Crippen LogP contribution in [-0.2, 0) is 16.0 Å². The Kier molecular flexibility index (Phi) is 6.80. The fourth-order valence-electron chi connectivity index (χ4n) is 3.00. The quantitative estimate of drug-likeness (QED) is 0.736. The SMILES string of the molecule is O=C(CCc1ccc(-c2ccccc2F)o1)NCCCN1CCOCC1. The first-order valence-corrected chi connectivity index (χ1v) is 9.13. The molecule has 0 saturated carbocycles. The van der Waals surface area contributed by atoms with Crippen molar-refractivity contribution >= 4 is 5.91 Å². The van der Waals surface area contributed by atoms with Gasteiger partial charge in [-0.05, 0) is 37.2 Å². The zero-order valence-corrected chi connectivity index (χ0v) is 14.9. The summed E-state index contributed by atoms with van der Waals surface area (Å²) in [6, 6.07) is 10.0. The van der Waals surface area contributed by atoms with E-state index in [1.165, 1.54) is 6.07 Å². The lowest BCUT2D eigenvalue weighted by molar-refractivity contribution is -0.121. The van der Waals surface area contributed by atoms with Crippen LogP contribution in [0.25, 0.3) is 11.3 Å². The third-order valence-electron chi connectivity index (χ3n) is 4.48. The second kappa shape index (κ2) is 9.50. The molecule has 26 heavy (non-hydrogen) atoms. The Bertz CT molecular complexity index is 711. The third kappa shape index (κ3) is 5.41. The third-order valence-corrected chi connectivity index (χ3v) is 4.48. The van der Waals surface area contributed by atoms with E-state index in [9.17, 15) is 9.18 Å². The van der Waals surface area contributed by atoms with Gasteiger partial charge in [-0.1, -0.05) is 12.1 Å². The van der Waals surface area contributed by atoms with Crippen molar-refractivity contribution in [2.75, 3.05) is 39.4 Å². The van der Waals surface area contributed by atoms with E-state index < -0.39 is 0 Å². The fraction of sp³-hybridized carbons (Fsp3) is 0.450. The van der Waals surface area contributed by atoms with Crippen LogP contribution in [0.4, 0.5) is 4.39 Å². The molecule has 5 nitrogen and oxygen atoms in total. The molecule has 1 saturated heterocycles. The lowest BCUT2D eigenvalue weighted by Crippen LogP contribution is -2.38. The fourth-order valence-corrected chi connectivity index (χ4v) is 3.00. The van der Waals surface area contributed by atoms with Crippen molar-refractivity contribution in [3.63, 3.8) is 0 Å². The van der Waals surface area contributed by atoms with Crippen LogP contribution >= 0.6 is 0 Å². The van der Waals surface area contributed by atoms with Gasteiger partial charge in [0.25, 0.3) is 0 Å². The molecule has 1 fully saturated rings. The van der Waals surface area contributed by atoms with Gasteiger partial charge in [-0.25, -0.2) is 4.39 Å². The maximum Gasteiger partial charge on any atom is 0.220 e. The number of nitrogens with zero attached hydrogens (tertiary/aromatic N) is 1.